The SMILES string of the molecule is Cc1c(C)n(-c2ccc(Br)cc2F)c2ccccc12. The molecule has 2 aromatic carbocycles. The summed E-state index contributed by atoms with van der Waals surface area (Å²) >= 11 is 3.29. The Labute approximate surface area is 119 Å². The Morgan fingerprint density at radius 2 is 1.79 bits per heavy atom. The summed E-state index contributed by atoms with van der Waals surface area (Å²) < 4.78 is 16.9. The van der Waals surface area contributed by atoms with Gasteiger partial charge in [-0.3, -0.25) is 0 Å². The molecule has 0 spiro atoms. The normalized spacial score (nSPS) is 11.2. The molecule has 1 nitrogen and oxygen atoms in total. The van der Waals surface area contributed by atoms with E-state index in [1.807, 2.05) is 35.8 Å². The van der Waals surface area contributed by atoms with Crippen LogP contribution < -0.4 is 0 Å². The number of nitrogens with zero attached hydrogens (tertiary/aromatic N) is 1. The van der Waals surface area contributed by atoms with Crippen molar-refractivity contribution in [3.05, 3.63) is 64.0 Å². The monoisotopic (exact) mass is 317 g/mol. The van der Waals surface area contributed by atoms with Gasteiger partial charge in [0.2, 0.25) is 0 Å². The highest BCUT2D eigenvalue weighted by molar-refractivity contribution is 9.10. The van der Waals surface area contributed by atoms with Crippen molar-refractivity contribution in [1.82, 2.24) is 4.57 Å². The molecule has 1 aromatic heterocycles. The van der Waals surface area contributed by atoms with Crippen LogP contribution in [-0.2, 0) is 0 Å². The lowest BCUT2D eigenvalue weighted by molar-refractivity contribution is 0.617. The van der Waals surface area contributed by atoms with Crippen LogP contribution in [0, 0.1) is 19.7 Å². The third-order valence-corrected chi connectivity index (χ3v) is 4.07. The van der Waals surface area contributed by atoms with E-state index in [4.69, 9.17) is 0 Å². The fourth-order valence-electron chi connectivity index (χ4n) is 2.50. The standard InChI is InChI=1S/C16H13BrFN/c1-10-11(2)19(15-6-4-3-5-13(10)15)16-8-7-12(17)9-14(16)18/h3-9H,1-2H3. The van der Waals surface area contributed by atoms with Gasteiger partial charge >= 0.3 is 0 Å². The van der Waals surface area contributed by atoms with Gasteiger partial charge in [-0.15, -0.1) is 0 Å². The second kappa shape index (κ2) is 4.49. The summed E-state index contributed by atoms with van der Waals surface area (Å²) in [4.78, 5) is 0. The number of hydrogen-bond donors (Lipinski definition) is 0. The highest BCUT2D eigenvalue weighted by Gasteiger charge is 2.14. The van der Waals surface area contributed by atoms with Crippen LogP contribution in [0.1, 0.15) is 11.3 Å². The molecule has 0 unspecified atom stereocenters. The van der Waals surface area contributed by atoms with Crippen molar-refractivity contribution in [2.75, 3.05) is 0 Å². The molecule has 0 atom stereocenters. The number of fused-ring (bicyclic) bond motifs is 1. The Morgan fingerprint density at radius 1 is 1.05 bits per heavy atom. The summed E-state index contributed by atoms with van der Waals surface area (Å²) in [7, 11) is 0. The van der Waals surface area contributed by atoms with Gasteiger partial charge in [-0.25, -0.2) is 4.39 Å². The molecule has 0 radical (unpaired) electrons. The van der Waals surface area contributed by atoms with Gasteiger partial charge in [0.25, 0.3) is 0 Å². The summed E-state index contributed by atoms with van der Waals surface area (Å²) in [6.07, 6.45) is 0. The lowest BCUT2D eigenvalue weighted by Crippen LogP contribution is -1.99. The van der Waals surface area contributed by atoms with Crippen molar-refractivity contribution >= 4 is 26.8 Å². The van der Waals surface area contributed by atoms with Gasteiger partial charge in [-0.1, -0.05) is 34.1 Å². The maximum atomic E-state index is 14.2. The highest BCUT2D eigenvalue weighted by atomic mass is 79.9. The maximum Gasteiger partial charge on any atom is 0.148 e. The Balaban J connectivity index is 2.39. The summed E-state index contributed by atoms with van der Waals surface area (Å²) in [5.74, 6) is -0.224. The number of halogens is 2. The van der Waals surface area contributed by atoms with Crippen LogP contribution in [0.5, 0.6) is 0 Å². The molecule has 19 heavy (non-hydrogen) atoms. The summed E-state index contributed by atoms with van der Waals surface area (Å²) in [5.41, 5.74) is 3.89. The molecule has 0 saturated carbocycles. The highest BCUT2D eigenvalue weighted by Crippen LogP contribution is 2.30. The minimum Gasteiger partial charge on any atom is -0.311 e. The zero-order valence-corrected chi connectivity index (χ0v) is 12.3. The quantitative estimate of drug-likeness (QED) is 0.585. The van der Waals surface area contributed by atoms with Gasteiger partial charge in [0.15, 0.2) is 0 Å². The molecule has 0 aliphatic carbocycles. The van der Waals surface area contributed by atoms with E-state index in [0.717, 1.165) is 15.7 Å². The average Bonchev–Trinajstić information content (AvgIpc) is 2.64. The number of para-hydroxylation sites is 1. The van der Waals surface area contributed by atoms with E-state index in [9.17, 15) is 4.39 Å². The number of rotatable bonds is 1. The predicted octanol–water partition coefficient (Wildman–Crippen LogP) is 5.15. The largest absolute Gasteiger partial charge is 0.311 e. The van der Waals surface area contributed by atoms with E-state index in [0.29, 0.717) is 5.69 Å². The molecular formula is C16H13BrFN. The van der Waals surface area contributed by atoms with Crippen molar-refractivity contribution in [1.29, 1.82) is 0 Å². The Kier molecular flexibility index (Phi) is 2.94. The zero-order chi connectivity index (χ0) is 13.6. The average molecular weight is 318 g/mol. The van der Waals surface area contributed by atoms with Crippen molar-refractivity contribution in [3.8, 4) is 5.69 Å². The topological polar surface area (TPSA) is 4.93 Å². The van der Waals surface area contributed by atoms with E-state index >= 15 is 0 Å². The molecule has 0 saturated heterocycles. The fraction of sp³-hybridized carbons (Fsp3) is 0.125. The number of aryl methyl sites for hydroxylation is 1. The minimum atomic E-state index is -0.224. The molecular weight excluding hydrogens is 305 g/mol. The van der Waals surface area contributed by atoms with Crippen molar-refractivity contribution in [3.63, 3.8) is 0 Å². The van der Waals surface area contributed by atoms with Crippen LogP contribution >= 0.6 is 15.9 Å². The van der Waals surface area contributed by atoms with Crippen LogP contribution in [0.4, 0.5) is 4.39 Å². The third kappa shape index (κ3) is 1.89. The first-order valence-electron chi connectivity index (χ1n) is 6.11. The Hall–Kier alpha value is -1.61. The summed E-state index contributed by atoms with van der Waals surface area (Å²) in [6.45, 7) is 4.10. The minimum absolute atomic E-state index is 0.224. The molecule has 0 N–H and O–H groups in total. The van der Waals surface area contributed by atoms with E-state index in [1.165, 1.54) is 17.0 Å². The van der Waals surface area contributed by atoms with E-state index in [2.05, 4.69) is 28.9 Å². The smallest absolute Gasteiger partial charge is 0.148 e. The van der Waals surface area contributed by atoms with Crippen molar-refractivity contribution in [2.24, 2.45) is 0 Å². The van der Waals surface area contributed by atoms with Gasteiger partial charge in [0.05, 0.1) is 11.2 Å². The van der Waals surface area contributed by atoms with Gasteiger partial charge in [-0.2, -0.15) is 0 Å². The Bertz CT molecular complexity index is 774. The van der Waals surface area contributed by atoms with Gasteiger partial charge in [-0.05, 0) is 43.7 Å². The maximum absolute atomic E-state index is 14.2. The molecule has 0 bridgehead atoms. The lowest BCUT2D eigenvalue weighted by Gasteiger charge is -2.10. The fourth-order valence-corrected chi connectivity index (χ4v) is 2.84. The molecule has 1 heterocycles. The van der Waals surface area contributed by atoms with E-state index < -0.39 is 0 Å². The van der Waals surface area contributed by atoms with Crippen LogP contribution in [0.25, 0.3) is 16.6 Å². The second-order valence-electron chi connectivity index (χ2n) is 4.66. The van der Waals surface area contributed by atoms with Gasteiger partial charge in [0.1, 0.15) is 5.82 Å². The van der Waals surface area contributed by atoms with Gasteiger partial charge in [0, 0.05) is 15.6 Å². The number of hydrogen-bond acceptors (Lipinski definition) is 0. The van der Waals surface area contributed by atoms with Gasteiger partial charge < -0.3 is 4.57 Å². The van der Waals surface area contributed by atoms with Crippen molar-refractivity contribution < 1.29 is 4.39 Å². The first-order chi connectivity index (χ1) is 9.09. The summed E-state index contributed by atoms with van der Waals surface area (Å²) in [5, 5.41) is 1.17. The van der Waals surface area contributed by atoms with Crippen LogP contribution in [-0.4, -0.2) is 4.57 Å². The van der Waals surface area contributed by atoms with Crippen LogP contribution in [0.15, 0.2) is 46.9 Å². The predicted molar refractivity (Wildman–Crippen MR) is 80.4 cm³/mol. The molecule has 3 rings (SSSR count). The van der Waals surface area contributed by atoms with E-state index in [1.54, 1.807) is 6.07 Å². The summed E-state index contributed by atoms with van der Waals surface area (Å²) in [6, 6.07) is 13.3. The van der Waals surface area contributed by atoms with Crippen molar-refractivity contribution in [2.45, 2.75) is 13.8 Å². The number of aromatic nitrogens is 1. The molecule has 0 amide bonds. The molecule has 3 aromatic rings. The first-order valence-corrected chi connectivity index (χ1v) is 6.91. The number of benzene rings is 2. The second-order valence-corrected chi connectivity index (χ2v) is 5.57. The third-order valence-electron chi connectivity index (χ3n) is 3.58. The molecule has 3 heteroatoms. The molecule has 0 aliphatic rings. The molecule has 96 valence electrons. The van der Waals surface area contributed by atoms with E-state index in [-0.39, 0.29) is 5.82 Å². The van der Waals surface area contributed by atoms with Crippen LogP contribution in [0.2, 0.25) is 0 Å². The van der Waals surface area contributed by atoms with Crippen LogP contribution in [0.3, 0.4) is 0 Å². The first kappa shape index (κ1) is 12.4. The lowest BCUT2D eigenvalue weighted by atomic mass is 10.2. The Morgan fingerprint density at radius 3 is 2.53 bits per heavy atom. The molecule has 0 aliphatic heterocycles. The zero-order valence-electron chi connectivity index (χ0n) is 10.7. The molecule has 0 fully saturated rings.